The van der Waals surface area contributed by atoms with Crippen LogP contribution in [0.15, 0.2) is 64.5 Å². The Morgan fingerprint density at radius 3 is 2.00 bits per heavy atom. The van der Waals surface area contributed by atoms with Gasteiger partial charge in [-0.25, -0.2) is 8.42 Å². The molecule has 0 radical (unpaired) electrons. The molecular formula is C22H20Cl2N2O2S. The molecule has 7 heteroatoms. The van der Waals surface area contributed by atoms with Crippen LogP contribution in [-0.4, -0.2) is 14.6 Å². The van der Waals surface area contributed by atoms with Gasteiger partial charge in [-0.2, -0.15) is 0 Å². The molecule has 0 atom stereocenters. The maximum absolute atomic E-state index is 12.8. The van der Waals surface area contributed by atoms with Gasteiger partial charge in [0.05, 0.1) is 26.3 Å². The lowest BCUT2D eigenvalue weighted by Gasteiger charge is -2.14. The van der Waals surface area contributed by atoms with E-state index in [1.807, 2.05) is 32.9 Å². The van der Waals surface area contributed by atoms with Gasteiger partial charge < -0.3 is 0 Å². The standard InChI is InChI=1S/C22H20Cl2N2O2S/c1-14-11-15(2)22(16(3)12-14)26-29(27,28)18-9-7-17(8-10-18)25-13-19-20(23)5-4-6-21(19)24/h4-13,26H,1-3H3. The number of halogens is 2. The fourth-order valence-corrected chi connectivity index (χ4v) is 4.72. The molecule has 0 aliphatic carbocycles. The van der Waals surface area contributed by atoms with Crippen molar-refractivity contribution in [1.29, 1.82) is 0 Å². The van der Waals surface area contributed by atoms with Gasteiger partial charge in [-0.15, -0.1) is 0 Å². The topological polar surface area (TPSA) is 58.5 Å². The molecule has 3 rings (SSSR count). The number of anilines is 1. The minimum Gasteiger partial charge on any atom is -0.279 e. The molecule has 0 bridgehead atoms. The minimum atomic E-state index is -3.71. The van der Waals surface area contributed by atoms with E-state index >= 15 is 0 Å². The van der Waals surface area contributed by atoms with Crippen molar-refractivity contribution in [2.75, 3.05) is 4.72 Å². The van der Waals surface area contributed by atoms with E-state index in [-0.39, 0.29) is 4.90 Å². The molecule has 0 heterocycles. The molecule has 0 fully saturated rings. The van der Waals surface area contributed by atoms with Crippen LogP contribution in [0, 0.1) is 20.8 Å². The Labute approximate surface area is 181 Å². The molecule has 0 amide bonds. The van der Waals surface area contributed by atoms with Gasteiger partial charge in [-0.3, -0.25) is 9.71 Å². The third kappa shape index (κ3) is 4.99. The molecule has 3 aromatic rings. The van der Waals surface area contributed by atoms with Gasteiger partial charge in [-0.05, 0) is 68.3 Å². The lowest BCUT2D eigenvalue weighted by Crippen LogP contribution is -2.14. The van der Waals surface area contributed by atoms with Crippen LogP contribution in [0.1, 0.15) is 22.3 Å². The van der Waals surface area contributed by atoms with Crippen molar-refractivity contribution in [3.63, 3.8) is 0 Å². The Hall–Kier alpha value is -2.34. The highest BCUT2D eigenvalue weighted by molar-refractivity contribution is 7.92. The van der Waals surface area contributed by atoms with Crippen LogP contribution >= 0.6 is 23.2 Å². The summed E-state index contributed by atoms with van der Waals surface area (Å²) in [5.74, 6) is 0. The molecule has 1 N–H and O–H groups in total. The van der Waals surface area contributed by atoms with E-state index in [2.05, 4.69) is 9.71 Å². The first kappa shape index (κ1) is 21.4. The summed E-state index contributed by atoms with van der Waals surface area (Å²) in [4.78, 5) is 4.49. The lowest BCUT2D eigenvalue weighted by molar-refractivity contribution is 0.601. The zero-order chi connectivity index (χ0) is 21.2. The van der Waals surface area contributed by atoms with E-state index in [1.54, 1.807) is 36.5 Å². The first-order valence-corrected chi connectivity index (χ1v) is 11.1. The van der Waals surface area contributed by atoms with Crippen LogP contribution in [0.5, 0.6) is 0 Å². The average Bonchev–Trinajstić information content (AvgIpc) is 2.65. The summed E-state index contributed by atoms with van der Waals surface area (Å²) in [6.07, 6.45) is 1.56. The van der Waals surface area contributed by atoms with E-state index in [0.717, 1.165) is 16.7 Å². The van der Waals surface area contributed by atoms with Crippen molar-refractivity contribution in [3.8, 4) is 0 Å². The van der Waals surface area contributed by atoms with Gasteiger partial charge in [0.2, 0.25) is 0 Å². The number of aryl methyl sites for hydroxylation is 3. The summed E-state index contributed by atoms with van der Waals surface area (Å²) in [6.45, 7) is 5.75. The normalized spacial score (nSPS) is 11.8. The van der Waals surface area contributed by atoms with Crippen molar-refractivity contribution in [2.45, 2.75) is 25.7 Å². The molecule has 0 saturated heterocycles. The molecule has 150 valence electrons. The molecule has 0 unspecified atom stereocenters. The third-order valence-corrected chi connectivity index (χ3v) is 6.43. The molecule has 0 spiro atoms. The first-order valence-electron chi connectivity index (χ1n) is 8.86. The van der Waals surface area contributed by atoms with Crippen molar-refractivity contribution in [1.82, 2.24) is 0 Å². The number of nitrogens with one attached hydrogen (secondary N) is 1. The maximum Gasteiger partial charge on any atom is 0.261 e. The highest BCUT2D eigenvalue weighted by Gasteiger charge is 2.16. The van der Waals surface area contributed by atoms with Crippen LogP contribution < -0.4 is 4.72 Å². The smallest absolute Gasteiger partial charge is 0.261 e. The van der Waals surface area contributed by atoms with Crippen LogP contribution in [0.3, 0.4) is 0 Å². The Balaban J connectivity index is 1.83. The van der Waals surface area contributed by atoms with Crippen LogP contribution in [0.4, 0.5) is 11.4 Å². The minimum absolute atomic E-state index is 0.159. The zero-order valence-electron chi connectivity index (χ0n) is 16.2. The second kappa shape index (κ2) is 8.57. The van der Waals surface area contributed by atoms with Gasteiger partial charge in [0.25, 0.3) is 10.0 Å². The highest BCUT2D eigenvalue weighted by atomic mass is 35.5. The van der Waals surface area contributed by atoms with E-state index in [1.165, 1.54) is 12.1 Å². The van der Waals surface area contributed by atoms with Gasteiger partial charge in [0.15, 0.2) is 0 Å². The van der Waals surface area contributed by atoms with E-state index in [0.29, 0.717) is 27.0 Å². The molecular weight excluding hydrogens is 427 g/mol. The monoisotopic (exact) mass is 446 g/mol. The predicted octanol–water partition coefficient (Wildman–Crippen LogP) is 6.47. The number of sulfonamides is 1. The molecule has 0 aromatic heterocycles. The van der Waals surface area contributed by atoms with E-state index in [9.17, 15) is 8.42 Å². The van der Waals surface area contributed by atoms with Gasteiger partial charge in [0.1, 0.15) is 0 Å². The Morgan fingerprint density at radius 1 is 0.897 bits per heavy atom. The quantitative estimate of drug-likeness (QED) is 0.456. The summed E-state index contributed by atoms with van der Waals surface area (Å²) in [6, 6.07) is 15.4. The van der Waals surface area contributed by atoms with Crippen LogP contribution in [0.25, 0.3) is 0 Å². The second-order valence-corrected chi connectivity index (χ2v) is 9.26. The summed E-state index contributed by atoms with van der Waals surface area (Å²) in [5.41, 5.74) is 4.64. The van der Waals surface area contributed by atoms with Gasteiger partial charge in [0, 0.05) is 11.8 Å². The largest absolute Gasteiger partial charge is 0.279 e. The van der Waals surface area contributed by atoms with Crippen molar-refractivity contribution in [3.05, 3.63) is 86.9 Å². The van der Waals surface area contributed by atoms with Crippen molar-refractivity contribution < 1.29 is 8.42 Å². The lowest BCUT2D eigenvalue weighted by atomic mass is 10.1. The SMILES string of the molecule is Cc1cc(C)c(NS(=O)(=O)c2ccc(N=Cc3c(Cl)cccc3Cl)cc2)c(C)c1. The Bertz CT molecular complexity index is 1140. The highest BCUT2D eigenvalue weighted by Crippen LogP contribution is 2.27. The van der Waals surface area contributed by atoms with Crippen LogP contribution in [0.2, 0.25) is 10.0 Å². The molecule has 4 nitrogen and oxygen atoms in total. The molecule has 0 aliphatic rings. The second-order valence-electron chi connectivity index (χ2n) is 6.77. The summed E-state index contributed by atoms with van der Waals surface area (Å²) in [5, 5.41) is 0.988. The van der Waals surface area contributed by atoms with Crippen LogP contribution in [-0.2, 0) is 10.0 Å². The number of benzene rings is 3. The van der Waals surface area contributed by atoms with E-state index in [4.69, 9.17) is 23.2 Å². The number of nitrogens with zero attached hydrogens (tertiary/aromatic N) is 1. The maximum atomic E-state index is 12.8. The fourth-order valence-electron chi connectivity index (χ4n) is 3.02. The Kier molecular flexibility index (Phi) is 6.32. The number of hydrogen-bond acceptors (Lipinski definition) is 3. The predicted molar refractivity (Wildman–Crippen MR) is 122 cm³/mol. The molecule has 29 heavy (non-hydrogen) atoms. The summed E-state index contributed by atoms with van der Waals surface area (Å²) in [7, 11) is -3.71. The first-order chi connectivity index (χ1) is 13.7. The Morgan fingerprint density at radius 2 is 1.45 bits per heavy atom. The number of rotatable bonds is 5. The number of hydrogen-bond donors (Lipinski definition) is 1. The van der Waals surface area contributed by atoms with Crippen molar-refractivity contribution >= 4 is 50.8 Å². The summed E-state index contributed by atoms with van der Waals surface area (Å²) < 4.78 is 28.3. The van der Waals surface area contributed by atoms with Crippen molar-refractivity contribution in [2.24, 2.45) is 4.99 Å². The van der Waals surface area contributed by atoms with Gasteiger partial charge >= 0.3 is 0 Å². The zero-order valence-corrected chi connectivity index (χ0v) is 18.5. The third-order valence-electron chi connectivity index (χ3n) is 4.40. The molecule has 3 aromatic carbocycles. The molecule has 0 aliphatic heterocycles. The van der Waals surface area contributed by atoms with E-state index < -0.39 is 10.0 Å². The van der Waals surface area contributed by atoms with Gasteiger partial charge in [-0.1, -0.05) is 47.0 Å². The fraction of sp³-hybridized carbons (Fsp3) is 0.136. The number of aliphatic imine (C=N–C) groups is 1. The molecule has 0 saturated carbocycles. The average molecular weight is 447 g/mol. The summed E-state index contributed by atoms with van der Waals surface area (Å²) >= 11 is 12.3.